The molecule has 0 saturated heterocycles. The molecule has 0 spiro atoms. The molecular formula is C18H16FNS. The minimum Gasteiger partial charge on any atom is -0.310 e. The Hall–Kier alpha value is -1.71. The molecule has 1 N–H and O–H groups in total. The lowest BCUT2D eigenvalue weighted by Crippen LogP contribution is -2.16. The molecule has 0 atom stereocenters. The molecule has 0 radical (unpaired) electrons. The van der Waals surface area contributed by atoms with E-state index in [1.165, 1.54) is 22.9 Å². The molecule has 0 unspecified atom stereocenters. The average molecular weight is 297 g/mol. The second-order valence-corrected chi connectivity index (χ2v) is 6.52. The number of benzene rings is 2. The average Bonchev–Trinajstić information content (AvgIpc) is 3.20. The highest BCUT2D eigenvalue weighted by atomic mass is 32.1. The van der Waals surface area contributed by atoms with Gasteiger partial charge in [-0.2, -0.15) is 0 Å². The van der Waals surface area contributed by atoms with Crippen molar-refractivity contribution in [2.24, 2.45) is 0 Å². The van der Waals surface area contributed by atoms with Crippen molar-refractivity contribution in [3.05, 3.63) is 59.2 Å². The third kappa shape index (κ3) is 2.59. The Bertz CT molecular complexity index is 789. The molecule has 1 aliphatic rings. The van der Waals surface area contributed by atoms with Gasteiger partial charge in [-0.25, -0.2) is 4.39 Å². The zero-order chi connectivity index (χ0) is 14.2. The molecule has 2 aromatic carbocycles. The van der Waals surface area contributed by atoms with Crippen molar-refractivity contribution < 1.29 is 4.39 Å². The molecule has 0 bridgehead atoms. The first-order valence-corrected chi connectivity index (χ1v) is 8.17. The highest BCUT2D eigenvalue weighted by Gasteiger charge is 2.20. The van der Waals surface area contributed by atoms with E-state index >= 15 is 0 Å². The summed E-state index contributed by atoms with van der Waals surface area (Å²) in [5.74, 6) is -0.116. The molecule has 21 heavy (non-hydrogen) atoms. The van der Waals surface area contributed by atoms with Gasteiger partial charge in [0.15, 0.2) is 0 Å². The van der Waals surface area contributed by atoms with Crippen LogP contribution in [-0.2, 0) is 6.54 Å². The van der Waals surface area contributed by atoms with E-state index in [1.807, 2.05) is 18.2 Å². The molecule has 1 aliphatic carbocycles. The summed E-state index contributed by atoms with van der Waals surface area (Å²) in [6.45, 7) is 0.625. The van der Waals surface area contributed by atoms with Gasteiger partial charge in [-0.05, 0) is 46.9 Å². The lowest BCUT2D eigenvalue weighted by Gasteiger charge is -2.08. The second kappa shape index (κ2) is 5.24. The fourth-order valence-electron chi connectivity index (χ4n) is 2.62. The molecule has 106 valence electrons. The van der Waals surface area contributed by atoms with Crippen LogP contribution in [0.15, 0.2) is 47.8 Å². The van der Waals surface area contributed by atoms with Crippen molar-refractivity contribution in [1.82, 2.24) is 5.32 Å². The quantitative estimate of drug-likeness (QED) is 0.717. The van der Waals surface area contributed by atoms with Crippen molar-refractivity contribution >= 4 is 21.4 Å². The summed E-state index contributed by atoms with van der Waals surface area (Å²) in [7, 11) is 0. The molecule has 0 aliphatic heterocycles. The fraction of sp³-hybridized carbons (Fsp3) is 0.222. The normalized spacial score (nSPS) is 14.7. The van der Waals surface area contributed by atoms with Crippen molar-refractivity contribution in [3.8, 4) is 11.1 Å². The van der Waals surface area contributed by atoms with Gasteiger partial charge in [0.1, 0.15) is 5.82 Å². The van der Waals surface area contributed by atoms with E-state index in [0.717, 1.165) is 16.7 Å². The van der Waals surface area contributed by atoms with Crippen LogP contribution in [0.25, 0.3) is 21.2 Å². The molecule has 1 aromatic heterocycles. The van der Waals surface area contributed by atoms with Crippen LogP contribution in [-0.4, -0.2) is 6.04 Å². The molecule has 1 saturated carbocycles. The van der Waals surface area contributed by atoms with Gasteiger partial charge in [-0.3, -0.25) is 0 Å². The molecule has 3 aromatic rings. The van der Waals surface area contributed by atoms with Crippen LogP contribution in [0.5, 0.6) is 0 Å². The van der Waals surface area contributed by atoms with Crippen LogP contribution in [0, 0.1) is 5.82 Å². The first kappa shape index (κ1) is 13.0. The summed E-state index contributed by atoms with van der Waals surface area (Å²) < 4.78 is 15.5. The number of fused-ring (bicyclic) bond motifs is 1. The van der Waals surface area contributed by atoms with Crippen LogP contribution in [0.3, 0.4) is 0 Å². The molecule has 1 heterocycles. The highest BCUT2D eigenvalue weighted by molar-refractivity contribution is 7.17. The molecule has 4 rings (SSSR count). The summed E-state index contributed by atoms with van der Waals surface area (Å²) in [6.07, 6.45) is 2.44. The third-order valence-electron chi connectivity index (χ3n) is 4.00. The van der Waals surface area contributed by atoms with Gasteiger partial charge in [0, 0.05) is 22.8 Å². The van der Waals surface area contributed by atoms with E-state index in [9.17, 15) is 4.39 Å². The summed E-state index contributed by atoms with van der Waals surface area (Å²) in [6, 6.07) is 14.5. The van der Waals surface area contributed by atoms with Gasteiger partial charge in [-0.1, -0.05) is 30.3 Å². The number of rotatable bonds is 4. The number of thiophene rings is 1. The maximum atomic E-state index is 14.3. The van der Waals surface area contributed by atoms with E-state index in [0.29, 0.717) is 12.6 Å². The first-order valence-electron chi connectivity index (χ1n) is 7.30. The SMILES string of the molecule is Fc1cc(-c2cccc3ccsc23)ccc1CNC1CC1. The standard InChI is InChI=1S/C18H16FNS/c19-17-10-13(4-5-14(17)11-20-15-6-7-15)16-3-1-2-12-8-9-21-18(12)16/h1-5,8-10,15,20H,6-7,11H2. The molecule has 1 nitrogen and oxygen atoms in total. The van der Waals surface area contributed by atoms with Crippen LogP contribution in [0.1, 0.15) is 18.4 Å². The Morgan fingerprint density at radius 3 is 2.86 bits per heavy atom. The first-order chi connectivity index (χ1) is 10.3. The van der Waals surface area contributed by atoms with Crippen molar-refractivity contribution in [2.45, 2.75) is 25.4 Å². The van der Waals surface area contributed by atoms with Gasteiger partial charge < -0.3 is 5.32 Å². The van der Waals surface area contributed by atoms with E-state index in [2.05, 4.69) is 28.9 Å². The Kier molecular flexibility index (Phi) is 3.24. The molecular weight excluding hydrogens is 281 g/mol. The van der Waals surface area contributed by atoms with Crippen molar-refractivity contribution in [1.29, 1.82) is 0 Å². The molecule has 1 fully saturated rings. The number of halogens is 1. The Morgan fingerprint density at radius 1 is 1.14 bits per heavy atom. The summed E-state index contributed by atoms with van der Waals surface area (Å²) >= 11 is 1.71. The number of hydrogen-bond acceptors (Lipinski definition) is 2. The van der Waals surface area contributed by atoms with Crippen molar-refractivity contribution in [3.63, 3.8) is 0 Å². The lowest BCUT2D eigenvalue weighted by atomic mass is 10.0. The predicted molar refractivity (Wildman–Crippen MR) is 87.1 cm³/mol. The highest BCUT2D eigenvalue weighted by Crippen LogP contribution is 2.33. The predicted octanol–water partition coefficient (Wildman–Crippen LogP) is 4.96. The molecule has 3 heteroatoms. The second-order valence-electron chi connectivity index (χ2n) is 5.61. The summed E-state index contributed by atoms with van der Waals surface area (Å²) in [4.78, 5) is 0. The maximum Gasteiger partial charge on any atom is 0.128 e. The topological polar surface area (TPSA) is 12.0 Å². The van der Waals surface area contributed by atoms with E-state index in [-0.39, 0.29) is 5.82 Å². The van der Waals surface area contributed by atoms with Gasteiger partial charge in [0.2, 0.25) is 0 Å². The minimum atomic E-state index is -0.116. The van der Waals surface area contributed by atoms with Gasteiger partial charge >= 0.3 is 0 Å². The third-order valence-corrected chi connectivity index (χ3v) is 4.97. The summed E-state index contributed by atoms with van der Waals surface area (Å²) in [5, 5.41) is 6.66. The van der Waals surface area contributed by atoms with Crippen molar-refractivity contribution in [2.75, 3.05) is 0 Å². The largest absolute Gasteiger partial charge is 0.310 e. The zero-order valence-corrected chi connectivity index (χ0v) is 12.4. The number of hydrogen-bond donors (Lipinski definition) is 1. The van der Waals surface area contributed by atoms with E-state index in [4.69, 9.17) is 0 Å². The van der Waals surface area contributed by atoms with Crippen LogP contribution in [0.4, 0.5) is 4.39 Å². The Balaban J connectivity index is 1.68. The fourth-order valence-corrected chi connectivity index (χ4v) is 3.56. The van der Waals surface area contributed by atoms with Gasteiger partial charge in [0.25, 0.3) is 0 Å². The Labute approximate surface area is 127 Å². The maximum absolute atomic E-state index is 14.3. The van der Waals surface area contributed by atoms with Gasteiger partial charge in [0.05, 0.1) is 0 Å². The minimum absolute atomic E-state index is 0.116. The monoisotopic (exact) mass is 297 g/mol. The smallest absolute Gasteiger partial charge is 0.128 e. The Morgan fingerprint density at radius 2 is 2.05 bits per heavy atom. The van der Waals surface area contributed by atoms with Crippen LogP contribution >= 0.6 is 11.3 Å². The molecule has 0 amide bonds. The van der Waals surface area contributed by atoms with Crippen LogP contribution in [0.2, 0.25) is 0 Å². The zero-order valence-electron chi connectivity index (χ0n) is 11.6. The number of nitrogens with one attached hydrogen (secondary N) is 1. The lowest BCUT2D eigenvalue weighted by molar-refractivity contribution is 0.587. The van der Waals surface area contributed by atoms with Crippen LogP contribution < -0.4 is 5.32 Å². The van der Waals surface area contributed by atoms with Gasteiger partial charge in [-0.15, -0.1) is 11.3 Å². The van der Waals surface area contributed by atoms with E-state index < -0.39 is 0 Å². The van der Waals surface area contributed by atoms with E-state index in [1.54, 1.807) is 17.4 Å². The summed E-state index contributed by atoms with van der Waals surface area (Å²) in [5.41, 5.74) is 2.82.